The minimum atomic E-state index is -4.90. The largest absolute Gasteiger partial charge is 0.573 e. The number of esters is 1. The fraction of sp³-hybridized carbons (Fsp3) is 0.150. The van der Waals surface area contributed by atoms with Gasteiger partial charge < -0.3 is 15.2 Å². The summed E-state index contributed by atoms with van der Waals surface area (Å²) in [6.07, 6.45) is -4.90. The molecule has 1 heterocycles. The van der Waals surface area contributed by atoms with Gasteiger partial charge in [0.05, 0.1) is 12.3 Å². The van der Waals surface area contributed by atoms with Gasteiger partial charge in [-0.25, -0.2) is 9.48 Å². The number of para-hydroxylation sites is 2. The standard InChI is InChI=1S/C20H16F3N3O4/c1-2-29-19(28)14-11-16(18(24)27)26(25-14)15-9-5-3-7-12(15)13-8-4-6-10-17(13)30-20(21,22)23/h3-11H,2H2,1H3,(H2,24,27). The van der Waals surface area contributed by atoms with Crippen LogP contribution < -0.4 is 10.5 Å². The van der Waals surface area contributed by atoms with Crippen LogP contribution in [0, 0.1) is 0 Å². The molecule has 0 aliphatic rings. The Morgan fingerprint density at radius 2 is 1.70 bits per heavy atom. The van der Waals surface area contributed by atoms with Crippen LogP contribution in [0.3, 0.4) is 0 Å². The molecule has 10 heteroatoms. The van der Waals surface area contributed by atoms with Crippen molar-refractivity contribution in [2.75, 3.05) is 6.61 Å². The molecule has 7 nitrogen and oxygen atoms in total. The average molecular weight is 419 g/mol. The number of amides is 1. The zero-order chi connectivity index (χ0) is 21.9. The van der Waals surface area contributed by atoms with Crippen LogP contribution in [0.1, 0.15) is 27.9 Å². The van der Waals surface area contributed by atoms with E-state index in [0.29, 0.717) is 0 Å². The second kappa shape index (κ2) is 8.27. The van der Waals surface area contributed by atoms with Crippen molar-refractivity contribution in [2.45, 2.75) is 13.3 Å². The van der Waals surface area contributed by atoms with Gasteiger partial charge in [0.15, 0.2) is 5.69 Å². The van der Waals surface area contributed by atoms with Crippen LogP contribution in [0.2, 0.25) is 0 Å². The summed E-state index contributed by atoms with van der Waals surface area (Å²) in [7, 11) is 0. The predicted molar refractivity (Wildman–Crippen MR) is 100 cm³/mol. The second-order valence-corrected chi connectivity index (χ2v) is 5.97. The van der Waals surface area contributed by atoms with Crippen molar-refractivity contribution in [3.63, 3.8) is 0 Å². The Kier molecular flexibility index (Phi) is 5.77. The Bertz CT molecular complexity index is 1090. The molecule has 0 saturated carbocycles. The molecule has 0 atom stereocenters. The number of hydrogen-bond acceptors (Lipinski definition) is 5. The minimum absolute atomic E-state index is 0.0936. The van der Waals surface area contributed by atoms with Crippen molar-refractivity contribution in [2.24, 2.45) is 5.73 Å². The first-order valence-corrected chi connectivity index (χ1v) is 8.72. The Hall–Kier alpha value is -3.82. The summed E-state index contributed by atoms with van der Waals surface area (Å²) in [5.74, 6) is -2.08. The van der Waals surface area contributed by atoms with Crippen molar-refractivity contribution in [1.29, 1.82) is 0 Å². The highest BCUT2D eigenvalue weighted by Gasteiger charge is 2.32. The zero-order valence-corrected chi connectivity index (χ0v) is 15.6. The Labute approximate surface area is 168 Å². The van der Waals surface area contributed by atoms with Crippen LogP contribution in [0.5, 0.6) is 5.75 Å². The van der Waals surface area contributed by atoms with E-state index < -0.39 is 24.0 Å². The highest BCUT2D eigenvalue weighted by Crippen LogP contribution is 2.37. The van der Waals surface area contributed by atoms with Gasteiger partial charge in [0.25, 0.3) is 5.91 Å². The van der Waals surface area contributed by atoms with E-state index in [1.54, 1.807) is 19.1 Å². The molecule has 1 amide bonds. The van der Waals surface area contributed by atoms with Gasteiger partial charge in [0, 0.05) is 17.2 Å². The molecule has 1 aromatic heterocycles. The summed E-state index contributed by atoms with van der Waals surface area (Å²) in [6, 6.07) is 13.0. The van der Waals surface area contributed by atoms with E-state index in [-0.39, 0.29) is 34.8 Å². The second-order valence-electron chi connectivity index (χ2n) is 5.97. The molecule has 0 fully saturated rings. The maximum atomic E-state index is 12.8. The predicted octanol–water partition coefficient (Wildman–Crippen LogP) is 3.71. The van der Waals surface area contributed by atoms with Gasteiger partial charge >= 0.3 is 12.3 Å². The van der Waals surface area contributed by atoms with Crippen LogP contribution in [-0.2, 0) is 4.74 Å². The maximum Gasteiger partial charge on any atom is 0.573 e. The third-order valence-corrected chi connectivity index (χ3v) is 3.98. The minimum Gasteiger partial charge on any atom is -0.461 e. The SMILES string of the molecule is CCOC(=O)c1cc(C(N)=O)n(-c2ccccc2-c2ccccc2OC(F)(F)F)n1. The van der Waals surface area contributed by atoms with Crippen molar-refractivity contribution in [3.8, 4) is 22.6 Å². The van der Waals surface area contributed by atoms with Crippen molar-refractivity contribution >= 4 is 11.9 Å². The molecule has 0 radical (unpaired) electrons. The van der Waals surface area contributed by atoms with Crippen LogP contribution >= 0.6 is 0 Å². The van der Waals surface area contributed by atoms with Crippen LogP contribution in [0.25, 0.3) is 16.8 Å². The van der Waals surface area contributed by atoms with Gasteiger partial charge in [-0.05, 0) is 19.1 Å². The molecule has 2 N–H and O–H groups in total. The summed E-state index contributed by atoms with van der Waals surface area (Å²) in [4.78, 5) is 24.0. The first-order valence-electron chi connectivity index (χ1n) is 8.72. The van der Waals surface area contributed by atoms with Crippen molar-refractivity contribution in [3.05, 3.63) is 66.0 Å². The number of aromatic nitrogens is 2. The van der Waals surface area contributed by atoms with Crippen LogP contribution in [0.15, 0.2) is 54.6 Å². The van der Waals surface area contributed by atoms with Gasteiger partial charge in [-0.15, -0.1) is 13.2 Å². The third-order valence-electron chi connectivity index (χ3n) is 3.98. The van der Waals surface area contributed by atoms with Crippen LogP contribution in [-0.4, -0.2) is 34.6 Å². The van der Waals surface area contributed by atoms with Crippen molar-refractivity contribution < 1.29 is 32.2 Å². The fourth-order valence-corrected chi connectivity index (χ4v) is 2.83. The molecule has 0 bridgehead atoms. The summed E-state index contributed by atoms with van der Waals surface area (Å²) < 4.78 is 48.6. The smallest absolute Gasteiger partial charge is 0.461 e. The molecule has 0 saturated heterocycles. The van der Waals surface area contributed by atoms with E-state index in [9.17, 15) is 22.8 Å². The van der Waals surface area contributed by atoms with Gasteiger partial charge in [0.2, 0.25) is 0 Å². The number of primary amides is 1. The molecular formula is C20H16F3N3O4. The summed E-state index contributed by atoms with van der Waals surface area (Å²) in [5.41, 5.74) is 5.71. The van der Waals surface area contributed by atoms with Gasteiger partial charge in [-0.3, -0.25) is 4.79 Å². The molecule has 30 heavy (non-hydrogen) atoms. The lowest BCUT2D eigenvalue weighted by atomic mass is 10.0. The summed E-state index contributed by atoms with van der Waals surface area (Å²) in [5, 5.41) is 4.09. The monoisotopic (exact) mass is 419 g/mol. The summed E-state index contributed by atoms with van der Waals surface area (Å²) in [6.45, 7) is 1.70. The lowest BCUT2D eigenvalue weighted by Gasteiger charge is -2.16. The third kappa shape index (κ3) is 4.43. The molecule has 2 aromatic carbocycles. The zero-order valence-electron chi connectivity index (χ0n) is 15.6. The number of ether oxygens (including phenoxy) is 2. The van der Waals surface area contributed by atoms with Gasteiger partial charge in [0.1, 0.15) is 11.4 Å². The molecule has 3 rings (SSSR count). The first-order chi connectivity index (χ1) is 14.2. The number of alkyl halides is 3. The van der Waals surface area contributed by atoms with E-state index in [0.717, 1.165) is 10.7 Å². The number of nitrogens with two attached hydrogens (primary N) is 1. The van der Waals surface area contributed by atoms with Gasteiger partial charge in [-0.1, -0.05) is 36.4 Å². The summed E-state index contributed by atoms with van der Waals surface area (Å²) >= 11 is 0. The van der Waals surface area contributed by atoms with Gasteiger partial charge in [-0.2, -0.15) is 5.10 Å². The fourth-order valence-electron chi connectivity index (χ4n) is 2.83. The van der Waals surface area contributed by atoms with Crippen molar-refractivity contribution in [1.82, 2.24) is 9.78 Å². The Morgan fingerprint density at radius 1 is 1.07 bits per heavy atom. The number of halogens is 3. The number of carbonyl (C=O) groups excluding carboxylic acids is 2. The number of rotatable bonds is 6. The topological polar surface area (TPSA) is 96.4 Å². The van der Waals surface area contributed by atoms with E-state index in [2.05, 4.69) is 9.84 Å². The number of benzene rings is 2. The van der Waals surface area contributed by atoms with E-state index in [1.165, 1.54) is 36.4 Å². The van der Waals surface area contributed by atoms with E-state index in [4.69, 9.17) is 10.5 Å². The average Bonchev–Trinajstić information content (AvgIpc) is 3.13. The number of carbonyl (C=O) groups is 2. The van der Waals surface area contributed by atoms with E-state index >= 15 is 0 Å². The lowest BCUT2D eigenvalue weighted by molar-refractivity contribution is -0.274. The van der Waals surface area contributed by atoms with Crippen LogP contribution in [0.4, 0.5) is 13.2 Å². The highest BCUT2D eigenvalue weighted by atomic mass is 19.4. The molecule has 0 spiro atoms. The lowest BCUT2D eigenvalue weighted by Crippen LogP contribution is -2.18. The van der Waals surface area contributed by atoms with E-state index in [1.807, 2.05) is 0 Å². The first kappa shape index (κ1) is 20.9. The molecule has 156 valence electrons. The quantitative estimate of drug-likeness (QED) is 0.615. The Balaban J connectivity index is 2.19. The molecule has 0 unspecified atom stereocenters. The number of nitrogens with zero attached hydrogens (tertiary/aromatic N) is 2. The molecular weight excluding hydrogens is 403 g/mol. The molecule has 0 aliphatic carbocycles. The molecule has 0 aliphatic heterocycles. The molecule has 3 aromatic rings. The normalized spacial score (nSPS) is 11.2. The Morgan fingerprint density at radius 3 is 2.33 bits per heavy atom. The maximum absolute atomic E-state index is 12.8. The number of hydrogen-bond donors (Lipinski definition) is 1. The highest BCUT2D eigenvalue weighted by molar-refractivity contribution is 5.96.